The lowest BCUT2D eigenvalue weighted by molar-refractivity contribution is 0.0966. The fourth-order valence-corrected chi connectivity index (χ4v) is 2.10. The Kier molecular flexibility index (Phi) is 3.32. The summed E-state index contributed by atoms with van der Waals surface area (Å²) in [6.45, 7) is 1.52. The van der Waals surface area contributed by atoms with Crippen molar-refractivity contribution in [2.24, 2.45) is 5.73 Å². The van der Waals surface area contributed by atoms with E-state index in [-0.39, 0.29) is 6.10 Å². The van der Waals surface area contributed by atoms with Crippen molar-refractivity contribution in [3.8, 4) is 0 Å². The number of carbonyl (C=O) groups excluding carboxylic acids is 1. The summed E-state index contributed by atoms with van der Waals surface area (Å²) in [5.41, 5.74) is 12.4. The lowest BCUT2D eigenvalue weighted by atomic mass is 10.1. The molecule has 0 aromatic carbocycles. The largest absolute Gasteiger partial charge is 0.445 e. The van der Waals surface area contributed by atoms with Gasteiger partial charge in [-0.25, -0.2) is 4.79 Å². The highest BCUT2D eigenvalue weighted by Crippen LogP contribution is 2.25. The van der Waals surface area contributed by atoms with E-state index in [0.29, 0.717) is 12.2 Å². The second kappa shape index (κ2) is 4.90. The number of pyridine rings is 1. The van der Waals surface area contributed by atoms with Gasteiger partial charge in [0.25, 0.3) is 0 Å². The summed E-state index contributed by atoms with van der Waals surface area (Å²) in [6.07, 6.45) is 4.22. The lowest BCUT2D eigenvalue weighted by Crippen LogP contribution is -2.41. The van der Waals surface area contributed by atoms with Crippen LogP contribution in [0.4, 0.5) is 16.2 Å². The smallest absolute Gasteiger partial charge is 0.404 e. The van der Waals surface area contributed by atoms with Gasteiger partial charge < -0.3 is 21.1 Å². The number of carbonyl (C=O) groups is 1. The Morgan fingerprint density at radius 1 is 1.59 bits per heavy atom. The summed E-state index contributed by atoms with van der Waals surface area (Å²) in [5, 5.41) is 0. The van der Waals surface area contributed by atoms with E-state index in [1.54, 1.807) is 12.4 Å². The fourth-order valence-electron chi connectivity index (χ4n) is 2.10. The van der Waals surface area contributed by atoms with Gasteiger partial charge in [0.2, 0.25) is 0 Å². The normalized spacial score (nSPS) is 20.0. The summed E-state index contributed by atoms with van der Waals surface area (Å²) in [7, 11) is 0. The lowest BCUT2D eigenvalue weighted by Gasteiger charge is -2.34. The van der Waals surface area contributed by atoms with Crippen LogP contribution in [0.15, 0.2) is 18.5 Å². The molecule has 17 heavy (non-hydrogen) atoms. The molecule has 1 aliphatic heterocycles. The summed E-state index contributed by atoms with van der Waals surface area (Å²) < 4.78 is 5.02. The maximum absolute atomic E-state index is 10.7. The van der Waals surface area contributed by atoms with Crippen LogP contribution in [0.25, 0.3) is 0 Å². The number of nitrogens with zero attached hydrogens (tertiary/aromatic N) is 2. The van der Waals surface area contributed by atoms with E-state index in [1.807, 2.05) is 6.07 Å². The van der Waals surface area contributed by atoms with Gasteiger partial charge in [-0.15, -0.1) is 0 Å². The summed E-state index contributed by atoms with van der Waals surface area (Å²) in [6, 6.07) is 1.86. The minimum Gasteiger partial charge on any atom is -0.445 e. The Hall–Kier alpha value is -1.98. The van der Waals surface area contributed by atoms with Crippen molar-refractivity contribution in [1.82, 2.24) is 4.98 Å². The standard InChI is InChI=1S/C11H16N4O2/c12-9-6-14-4-3-10(9)15-5-1-2-8(7-15)17-11(13)16/h3-4,6,8H,1-2,5,7,12H2,(H2,13,16). The number of piperidine rings is 1. The highest BCUT2D eigenvalue weighted by molar-refractivity contribution is 5.67. The molecule has 2 heterocycles. The molecule has 0 radical (unpaired) electrons. The zero-order valence-corrected chi connectivity index (χ0v) is 9.50. The van der Waals surface area contributed by atoms with Crippen LogP contribution >= 0.6 is 0 Å². The molecular weight excluding hydrogens is 220 g/mol. The molecule has 6 nitrogen and oxygen atoms in total. The second-order valence-electron chi connectivity index (χ2n) is 4.08. The van der Waals surface area contributed by atoms with Crippen LogP contribution in [0.5, 0.6) is 0 Å². The number of nitrogens with two attached hydrogens (primary N) is 2. The zero-order chi connectivity index (χ0) is 12.3. The Morgan fingerprint density at radius 2 is 2.41 bits per heavy atom. The average molecular weight is 236 g/mol. The highest BCUT2D eigenvalue weighted by atomic mass is 16.6. The van der Waals surface area contributed by atoms with Crippen molar-refractivity contribution in [3.63, 3.8) is 0 Å². The first-order chi connectivity index (χ1) is 8.16. The van der Waals surface area contributed by atoms with E-state index in [0.717, 1.165) is 25.1 Å². The van der Waals surface area contributed by atoms with Crippen LogP contribution in [0.2, 0.25) is 0 Å². The van der Waals surface area contributed by atoms with Gasteiger partial charge in [0.15, 0.2) is 0 Å². The molecule has 0 saturated carbocycles. The zero-order valence-electron chi connectivity index (χ0n) is 9.50. The van der Waals surface area contributed by atoms with E-state index in [9.17, 15) is 4.79 Å². The van der Waals surface area contributed by atoms with Crippen molar-refractivity contribution in [2.75, 3.05) is 23.7 Å². The molecule has 1 aromatic heterocycles. The Bertz CT molecular complexity index is 410. The van der Waals surface area contributed by atoms with Crippen molar-refractivity contribution in [3.05, 3.63) is 18.5 Å². The van der Waals surface area contributed by atoms with Gasteiger partial charge in [0.05, 0.1) is 24.1 Å². The first-order valence-electron chi connectivity index (χ1n) is 5.57. The molecule has 1 fully saturated rings. The van der Waals surface area contributed by atoms with Crippen molar-refractivity contribution in [1.29, 1.82) is 0 Å². The quantitative estimate of drug-likeness (QED) is 0.789. The Labute approximate surface area is 99.5 Å². The summed E-state index contributed by atoms with van der Waals surface area (Å²) >= 11 is 0. The summed E-state index contributed by atoms with van der Waals surface area (Å²) in [5.74, 6) is 0. The number of rotatable bonds is 2. The predicted molar refractivity (Wildman–Crippen MR) is 64.6 cm³/mol. The Morgan fingerprint density at radius 3 is 3.12 bits per heavy atom. The topological polar surface area (TPSA) is 94.5 Å². The molecule has 0 bridgehead atoms. The molecule has 6 heteroatoms. The third-order valence-electron chi connectivity index (χ3n) is 2.83. The number of anilines is 2. The number of hydrogen-bond acceptors (Lipinski definition) is 5. The van der Waals surface area contributed by atoms with Gasteiger partial charge in [-0.3, -0.25) is 4.98 Å². The molecular formula is C11H16N4O2. The molecule has 92 valence electrons. The van der Waals surface area contributed by atoms with Crippen LogP contribution in [0.1, 0.15) is 12.8 Å². The molecule has 1 amide bonds. The van der Waals surface area contributed by atoms with Gasteiger partial charge in [-0.2, -0.15) is 0 Å². The van der Waals surface area contributed by atoms with E-state index in [4.69, 9.17) is 16.2 Å². The number of hydrogen-bond donors (Lipinski definition) is 2. The number of ether oxygens (including phenoxy) is 1. The van der Waals surface area contributed by atoms with Gasteiger partial charge in [0, 0.05) is 12.7 Å². The fraction of sp³-hybridized carbons (Fsp3) is 0.455. The minimum absolute atomic E-state index is 0.159. The van der Waals surface area contributed by atoms with Gasteiger partial charge >= 0.3 is 6.09 Å². The highest BCUT2D eigenvalue weighted by Gasteiger charge is 2.23. The number of primary amides is 1. The number of nitrogen functional groups attached to an aromatic ring is 1. The van der Waals surface area contributed by atoms with Gasteiger partial charge in [-0.1, -0.05) is 0 Å². The van der Waals surface area contributed by atoms with Crippen molar-refractivity contribution in [2.45, 2.75) is 18.9 Å². The molecule has 2 rings (SSSR count). The SMILES string of the molecule is NC(=O)OC1CCCN(c2ccncc2N)C1. The van der Waals surface area contributed by atoms with E-state index in [2.05, 4.69) is 9.88 Å². The van der Waals surface area contributed by atoms with Crippen molar-refractivity contribution < 1.29 is 9.53 Å². The maximum atomic E-state index is 10.7. The molecule has 0 aliphatic carbocycles. The number of aromatic nitrogens is 1. The summed E-state index contributed by atoms with van der Waals surface area (Å²) in [4.78, 5) is 16.8. The third-order valence-corrected chi connectivity index (χ3v) is 2.83. The first kappa shape index (κ1) is 11.5. The molecule has 1 aromatic rings. The van der Waals surface area contributed by atoms with Crippen LogP contribution in [0.3, 0.4) is 0 Å². The minimum atomic E-state index is -0.723. The second-order valence-corrected chi connectivity index (χ2v) is 4.08. The third kappa shape index (κ3) is 2.77. The number of amides is 1. The average Bonchev–Trinajstić information content (AvgIpc) is 2.29. The van der Waals surface area contributed by atoms with E-state index < -0.39 is 6.09 Å². The van der Waals surface area contributed by atoms with Gasteiger partial charge in [0.1, 0.15) is 6.10 Å². The molecule has 4 N–H and O–H groups in total. The van der Waals surface area contributed by atoms with Crippen LogP contribution in [0, 0.1) is 0 Å². The molecule has 1 unspecified atom stereocenters. The van der Waals surface area contributed by atoms with Crippen LogP contribution in [-0.2, 0) is 4.74 Å². The molecule has 1 aliphatic rings. The van der Waals surface area contributed by atoms with Crippen molar-refractivity contribution >= 4 is 17.5 Å². The molecule has 1 atom stereocenters. The van der Waals surface area contributed by atoms with Gasteiger partial charge in [-0.05, 0) is 18.9 Å². The van der Waals surface area contributed by atoms with Crippen LogP contribution in [-0.4, -0.2) is 30.3 Å². The maximum Gasteiger partial charge on any atom is 0.404 e. The predicted octanol–water partition coefficient (Wildman–Crippen LogP) is 0.728. The van der Waals surface area contributed by atoms with E-state index >= 15 is 0 Å². The van der Waals surface area contributed by atoms with Crippen LogP contribution < -0.4 is 16.4 Å². The monoisotopic (exact) mass is 236 g/mol. The first-order valence-corrected chi connectivity index (χ1v) is 5.57. The van der Waals surface area contributed by atoms with E-state index in [1.165, 1.54) is 0 Å². The molecule has 1 saturated heterocycles. The molecule has 0 spiro atoms. The Balaban J connectivity index is 2.07.